The van der Waals surface area contributed by atoms with Crippen LogP contribution < -0.4 is 5.56 Å². The third-order valence-electron chi connectivity index (χ3n) is 6.28. The van der Waals surface area contributed by atoms with Crippen molar-refractivity contribution in [2.45, 2.75) is 52.5 Å². The summed E-state index contributed by atoms with van der Waals surface area (Å²) >= 11 is 0. The summed E-state index contributed by atoms with van der Waals surface area (Å²) in [5, 5.41) is 0.491. The fourth-order valence-electron chi connectivity index (χ4n) is 4.65. The molecule has 0 saturated heterocycles. The van der Waals surface area contributed by atoms with Crippen LogP contribution in [0, 0.1) is 17.7 Å². The van der Waals surface area contributed by atoms with Gasteiger partial charge in [-0.1, -0.05) is 38.8 Å². The molecule has 0 N–H and O–H groups in total. The summed E-state index contributed by atoms with van der Waals surface area (Å²) in [5.41, 5.74) is 0.909. The minimum Gasteiger partial charge on any atom is -0.332 e. The van der Waals surface area contributed by atoms with E-state index in [1.54, 1.807) is 24.3 Å². The molecule has 1 amide bonds. The number of fused-ring (bicyclic) bond motifs is 1. The largest absolute Gasteiger partial charge is 0.332 e. The second-order valence-corrected chi connectivity index (χ2v) is 9.15. The molecule has 1 aromatic heterocycles. The van der Waals surface area contributed by atoms with Crippen LogP contribution in [-0.2, 0) is 4.79 Å². The molecule has 168 valence electrons. The van der Waals surface area contributed by atoms with Gasteiger partial charge in [0.25, 0.3) is 5.56 Å². The first-order valence-electron chi connectivity index (χ1n) is 11.4. The molecule has 6 heteroatoms. The summed E-state index contributed by atoms with van der Waals surface area (Å²) < 4.78 is 15.1. The monoisotopic (exact) mass is 435 g/mol. The molecule has 0 bridgehead atoms. The Hall–Kier alpha value is -3.02. The van der Waals surface area contributed by atoms with Gasteiger partial charge in [-0.3, -0.25) is 14.2 Å². The van der Waals surface area contributed by atoms with Crippen molar-refractivity contribution >= 4 is 16.8 Å². The molecule has 1 heterocycles. The summed E-state index contributed by atoms with van der Waals surface area (Å²) in [6.07, 6.45) is 3.98. The second-order valence-electron chi connectivity index (χ2n) is 9.15. The Balaban J connectivity index is 1.88. The standard InChI is InChI=1S/C26H30FN3O2/c1-17(2)16-29(25(31)19-8-4-5-9-19)18(3)24-28-23-11-7-6-10-22(23)26(32)30(24)21-14-12-20(27)13-15-21/h6-7,10-15,17-19H,4-5,8-9,16H2,1-3H3. The van der Waals surface area contributed by atoms with E-state index < -0.39 is 6.04 Å². The molecule has 1 aliphatic rings. The van der Waals surface area contributed by atoms with Crippen molar-refractivity contribution in [3.05, 3.63) is 70.5 Å². The molecule has 1 unspecified atom stereocenters. The minimum absolute atomic E-state index is 0.0302. The molecule has 1 fully saturated rings. The summed E-state index contributed by atoms with van der Waals surface area (Å²) in [5.74, 6) is 0.559. The minimum atomic E-state index is -0.409. The van der Waals surface area contributed by atoms with Crippen LogP contribution in [0.25, 0.3) is 16.6 Å². The van der Waals surface area contributed by atoms with E-state index in [0.29, 0.717) is 29.0 Å². The summed E-state index contributed by atoms with van der Waals surface area (Å²) in [6.45, 7) is 6.69. The Bertz CT molecular complexity index is 1160. The lowest BCUT2D eigenvalue weighted by Gasteiger charge is -2.33. The van der Waals surface area contributed by atoms with Crippen LogP contribution in [0.5, 0.6) is 0 Å². The van der Waals surface area contributed by atoms with Crippen molar-refractivity contribution in [2.24, 2.45) is 11.8 Å². The van der Waals surface area contributed by atoms with Gasteiger partial charge in [0.2, 0.25) is 5.91 Å². The summed E-state index contributed by atoms with van der Waals surface area (Å²) in [7, 11) is 0. The number of hydrogen-bond acceptors (Lipinski definition) is 3. The van der Waals surface area contributed by atoms with E-state index in [2.05, 4.69) is 13.8 Å². The highest BCUT2D eigenvalue weighted by molar-refractivity contribution is 5.80. The smallest absolute Gasteiger partial charge is 0.266 e. The van der Waals surface area contributed by atoms with Crippen LogP contribution in [-0.4, -0.2) is 26.9 Å². The molecular formula is C26H30FN3O2. The van der Waals surface area contributed by atoms with Gasteiger partial charge in [0.1, 0.15) is 11.6 Å². The van der Waals surface area contributed by atoms with Crippen molar-refractivity contribution in [3.8, 4) is 5.69 Å². The maximum Gasteiger partial charge on any atom is 0.266 e. The van der Waals surface area contributed by atoms with Crippen molar-refractivity contribution in [1.29, 1.82) is 0 Å². The Morgan fingerprint density at radius 1 is 1.09 bits per heavy atom. The molecule has 2 aromatic carbocycles. The highest BCUT2D eigenvalue weighted by Gasteiger charge is 2.33. The molecule has 0 aliphatic heterocycles. The topological polar surface area (TPSA) is 55.2 Å². The first-order chi connectivity index (χ1) is 15.4. The van der Waals surface area contributed by atoms with E-state index in [4.69, 9.17) is 4.98 Å². The van der Waals surface area contributed by atoms with Crippen molar-refractivity contribution in [2.75, 3.05) is 6.54 Å². The molecule has 5 nitrogen and oxygen atoms in total. The van der Waals surface area contributed by atoms with Gasteiger partial charge in [-0.2, -0.15) is 0 Å². The third kappa shape index (κ3) is 4.31. The molecule has 32 heavy (non-hydrogen) atoms. The van der Waals surface area contributed by atoms with E-state index in [0.717, 1.165) is 25.7 Å². The predicted octanol–water partition coefficient (Wildman–Crippen LogP) is 5.26. The number of carbonyl (C=O) groups excluding carboxylic acids is 1. The van der Waals surface area contributed by atoms with Crippen LogP contribution in [0.15, 0.2) is 53.3 Å². The Morgan fingerprint density at radius 2 is 1.75 bits per heavy atom. The van der Waals surface area contributed by atoms with Crippen LogP contribution >= 0.6 is 0 Å². The zero-order valence-corrected chi connectivity index (χ0v) is 18.9. The number of carbonyl (C=O) groups is 1. The van der Waals surface area contributed by atoms with Crippen LogP contribution in [0.3, 0.4) is 0 Å². The zero-order valence-electron chi connectivity index (χ0n) is 18.9. The van der Waals surface area contributed by atoms with E-state index in [-0.39, 0.29) is 29.1 Å². The number of amides is 1. The Labute approximate surface area is 187 Å². The van der Waals surface area contributed by atoms with Gasteiger partial charge in [-0.25, -0.2) is 9.37 Å². The predicted molar refractivity (Wildman–Crippen MR) is 124 cm³/mol. The highest BCUT2D eigenvalue weighted by Crippen LogP contribution is 2.31. The average Bonchev–Trinajstić information content (AvgIpc) is 3.32. The fraction of sp³-hybridized carbons (Fsp3) is 0.423. The average molecular weight is 436 g/mol. The van der Waals surface area contributed by atoms with E-state index >= 15 is 0 Å². The molecular weight excluding hydrogens is 405 g/mol. The van der Waals surface area contributed by atoms with Gasteiger partial charge in [-0.15, -0.1) is 0 Å². The van der Waals surface area contributed by atoms with Crippen LogP contribution in [0.4, 0.5) is 4.39 Å². The molecule has 4 rings (SSSR count). The van der Waals surface area contributed by atoms with Crippen molar-refractivity contribution in [3.63, 3.8) is 0 Å². The first-order valence-corrected chi connectivity index (χ1v) is 11.4. The normalized spacial score (nSPS) is 15.4. The van der Waals surface area contributed by atoms with Gasteiger partial charge in [0.15, 0.2) is 0 Å². The molecule has 1 atom stereocenters. The zero-order chi connectivity index (χ0) is 22.8. The van der Waals surface area contributed by atoms with E-state index in [9.17, 15) is 14.0 Å². The van der Waals surface area contributed by atoms with Crippen LogP contribution in [0.1, 0.15) is 58.3 Å². The van der Waals surface area contributed by atoms with Crippen molar-refractivity contribution < 1.29 is 9.18 Å². The second kappa shape index (κ2) is 9.23. The molecule has 0 radical (unpaired) electrons. The number of halogens is 1. The molecule has 1 saturated carbocycles. The SMILES string of the molecule is CC(C)CN(C(=O)C1CCCC1)C(C)c1nc2ccccc2c(=O)n1-c1ccc(F)cc1. The van der Waals surface area contributed by atoms with Crippen LogP contribution in [0.2, 0.25) is 0 Å². The quantitative estimate of drug-likeness (QED) is 0.531. The number of benzene rings is 2. The Morgan fingerprint density at radius 3 is 2.41 bits per heavy atom. The lowest BCUT2D eigenvalue weighted by molar-refractivity contribution is -0.138. The highest BCUT2D eigenvalue weighted by atomic mass is 19.1. The maximum atomic E-state index is 13.6. The maximum absolute atomic E-state index is 13.6. The number of para-hydroxylation sites is 1. The molecule has 1 aliphatic carbocycles. The van der Waals surface area contributed by atoms with Gasteiger partial charge >= 0.3 is 0 Å². The summed E-state index contributed by atoms with van der Waals surface area (Å²) in [6, 6.07) is 12.6. The molecule has 3 aromatic rings. The Kier molecular flexibility index (Phi) is 6.40. The van der Waals surface area contributed by atoms with E-state index in [1.165, 1.54) is 16.7 Å². The fourth-order valence-corrected chi connectivity index (χ4v) is 4.65. The van der Waals surface area contributed by atoms with Gasteiger partial charge in [0, 0.05) is 12.5 Å². The third-order valence-corrected chi connectivity index (χ3v) is 6.28. The summed E-state index contributed by atoms with van der Waals surface area (Å²) in [4.78, 5) is 33.8. The van der Waals surface area contributed by atoms with Crippen molar-refractivity contribution in [1.82, 2.24) is 14.5 Å². The first kappa shape index (κ1) is 22.2. The lowest BCUT2D eigenvalue weighted by atomic mass is 10.0. The number of aromatic nitrogens is 2. The van der Waals surface area contributed by atoms with Gasteiger partial charge < -0.3 is 4.90 Å². The van der Waals surface area contributed by atoms with Gasteiger partial charge in [0.05, 0.1) is 22.6 Å². The van der Waals surface area contributed by atoms with Gasteiger partial charge in [-0.05, 0) is 62.1 Å². The lowest BCUT2D eigenvalue weighted by Crippen LogP contribution is -2.42. The van der Waals surface area contributed by atoms with E-state index in [1.807, 2.05) is 24.0 Å². The molecule has 0 spiro atoms. The number of nitrogens with zero attached hydrogens (tertiary/aromatic N) is 3. The number of hydrogen-bond donors (Lipinski definition) is 0. The number of rotatable bonds is 6.